The molecule has 0 unspecified atom stereocenters. The fourth-order valence-electron chi connectivity index (χ4n) is 10.5. The van der Waals surface area contributed by atoms with Gasteiger partial charge in [0.25, 0.3) is 5.91 Å². The summed E-state index contributed by atoms with van der Waals surface area (Å²) in [4.78, 5) is 72.9. The second-order valence-electron chi connectivity index (χ2n) is 19.7. The number of aliphatic hydroxyl groups is 1. The number of urea groups is 1. The van der Waals surface area contributed by atoms with Crippen LogP contribution in [0, 0.1) is 11.3 Å². The molecule has 4 aliphatic rings. The molecule has 6 heterocycles. The van der Waals surface area contributed by atoms with Gasteiger partial charge in [0.05, 0.1) is 40.3 Å². The largest absolute Gasteiger partial charge is 0.462 e. The second kappa shape index (κ2) is 19.3. The summed E-state index contributed by atoms with van der Waals surface area (Å²) in [6.45, 7) is 20.9. The number of thiazole rings is 1. The number of carbonyl (C=O) groups excluding carboxylic acids is 4. The molecule has 3 saturated heterocycles. The Morgan fingerprint density at radius 1 is 1.18 bits per heavy atom. The average molecular weight is 928 g/mol. The number of likely N-dealkylation sites (tertiary alicyclic amines) is 2. The molecule has 4 amide bonds. The topological polar surface area (TPSA) is 174 Å². The molecular weight excluding hydrogens is 859 g/mol. The van der Waals surface area contributed by atoms with Crippen molar-refractivity contribution in [3.63, 3.8) is 0 Å². The molecule has 17 heteroatoms. The smallest absolute Gasteiger partial charge is 0.355 e. The molecular formula is C49H69N9O7S. The van der Waals surface area contributed by atoms with E-state index in [2.05, 4.69) is 45.8 Å². The second-order valence-corrected chi connectivity index (χ2v) is 20.6. The number of nitrogens with zero attached hydrogens (tertiary/aromatic N) is 7. The van der Waals surface area contributed by atoms with Crippen LogP contribution in [0.5, 0.6) is 0 Å². The van der Waals surface area contributed by atoms with Crippen molar-refractivity contribution in [3.8, 4) is 11.3 Å². The average Bonchev–Trinajstić information content (AvgIpc) is 4.00. The molecule has 3 N–H and O–H groups in total. The third kappa shape index (κ3) is 9.33. The van der Waals surface area contributed by atoms with Gasteiger partial charge in [-0.05, 0) is 77.1 Å². The van der Waals surface area contributed by atoms with Crippen molar-refractivity contribution in [2.24, 2.45) is 16.3 Å². The molecule has 0 saturated carbocycles. The van der Waals surface area contributed by atoms with Crippen LogP contribution in [0.1, 0.15) is 90.4 Å². The Morgan fingerprint density at radius 3 is 2.56 bits per heavy atom. The van der Waals surface area contributed by atoms with E-state index in [1.54, 1.807) is 20.4 Å². The number of cyclic esters (lactones) is 1. The van der Waals surface area contributed by atoms with Gasteiger partial charge < -0.3 is 39.2 Å². The molecule has 2 aromatic heterocycles. The van der Waals surface area contributed by atoms with Crippen molar-refractivity contribution in [1.29, 1.82) is 0 Å². The van der Waals surface area contributed by atoms with Crippen molar-refractivity contribution in [1.82, 2.24) is 40.0 Å². The number of aryl methyl sites for hydroxylation is 1. The number of aliphatic imine (C=N–C) groups is 1. The molecule has 66 heavy (non-hydrogen) atoms. The van der Waals surface area contributed by atoms with E-state index in [0.29, 0.717) is 30.2 Å². The maximum atomic E-state index is 14.7. The lowest BCUT2D eigenvalue weighted by molar-refractivity contribution is -0.189. The number of aromatic nitrogens is 2. The predicted octanol–water partition coefficient (Wildman–Crippen LogP) is 5.63. The lowest BCUT2D eigenvalue weighted by atomic mass is 9.84. The number of allylic oxidation sites excluding steroid dienone is 2. The number of fused-ring (bicyclic) bond motifs is 6. The minimum Gasteiger partial charge on any atom is -0.462 e. The van der Waals surface area contributed by atoms with Gasteiger partial charge >= 0.3 is 12.0 Å². The Labute approximate surface area is 393 Å². The minimum atomic E-state index is -2.22. The van der Waals surface area contributed by atoms with Crippen LogP contribution in [0.2, 0.25) is 0 Å². The summed E-state index contributed by atoms with van der Waals surface area (Å²) in [5.41, 5.74) is 5.75. The number of hydrogen-bond acceptors (Lipinski definition) is 12. The molecule has 4 atom stereocenters. The first-order valence-electron chi connectivity index (χ1n) is 23.3. The molecule has 3 aromatic rings. The van der Waals surface area contributed by atoms with Gasteiger partial charge in [0.2, 0.25) is 11.6 Å². The third-order valence-corrected chi connectivity index (χ3v) is 14.6. The van der Waals surface area contributed by atoms with Gasteiger partial charge in [-0.2, -0.15) is 5.43 Å². The molecule has 1 aromatic carbocycles. The van der Waals surface area contributed by atoms with Crippen molar-refractivity contribution < 1.29 is 33.8 Å². The standard InChI is InChI=1S/C49H69N9O7S/c1-12-33(40(50-13-2)31(6)64-11)42-35-25-47(7,8)29-65-45(61)49(63)20-16-22-58(53-49)44(60)36(24-39-51-37(26-66-39)32-17-18-38(34(35)23-32)56(42)14-3)52-43(59)41(30(4)5)55(10)46(62)57-21-15-19-48(57)27-54(9)28-48/h12-13,17-18,23,26,30-31,36,41,53,63H,1,14-16,19-22,24-25,27-29H2,2-11H3,(H,52,59)/b40-33+,50-13?/t31-,36-,41-,49-/m0/s1. The number of ether oxygens (including phenoxy) is 2. The molecule has 6 bridgehead atoms. The first-order chi connectivity index (χ1) is 31.3. The normalized spacial score (nSPS) is 23.7. The molecule has 3 fully saturated rings. The molecule has 7 rings (SSSR count). The number of carbonyl (C=O) groups is 4. The maximum Gasteiger partial charge on any atom is 0.355 e. The Hall–Kier alpha value is -4.94. The summed E-state index contributed by atoms with van der Waals surface area (Å²) >= 11 is 1.38. The number of hydrazine groups is 1. The number of benzene rings is 1. The molecule has 1 spiro atoms. The van der Waals surface area contributed by atoms with Gasteiger partial charge in [0.1, 0.15) is 12.1 Å². The first-order valence-corrected chi connectivity index (χ1v) is 24.2. The fourth-order valence-corrected chi connectivity index (χ4v) is 11.4. The Balaban J connectivity index is 1.30. The van der Waals surface area contributed by atoms with E-state index in [-0.39, 0.29) is 56.0 Å². The van der Waals surface area contributed by atoms with Crippen LogP contribution in [0.3, 0.4) is 0 Å². The van der Waals surface area contributed by atoms with Gasteiger partial charge in [-0.25, -0.2) is 14.6 Å². The molecule has 4 aliphatic heterocycles. The van der Waals surface area contributed by atoms with E-state index in [1.165, 1.54) is 21.2 Å². The predicted molar refractivity (Wildman–Crippen MR) is 258 cm³/mol. The Morgan fingerprint density at radius 2 is 1.91 bits per heavy atom. The minimum absolute atomic E-state index is 0.00182. The van der Waals surface area contributed by atoms with Crippen LogP contribution in [0.15, 0.2) is 46.9 Å². The zero-order valence-electron chi connectivity index (χ0n) is 40.4. The van der Waals surface area contributed by atoms with Crippen LogP contribution >= 0.6 is 11.3 Å². The van der Waals surface area contributed by atoms with Gasteiger partial charge in [-0.1, -0.05) is 46.4 Å². The lowest BCUT2D eigenvalue weighted by Crippen LogP contribution is -2.70. The summed E-state index contributed by atoms with van der Waals surface area (Å²) in [7, 11) is 5.35. The van der Waals surface area contributed by atoms with Gasteiger partial charge in [-0.15, -0.1) is 11.3 Å². The van der Waals surface area contributed by atoms with E-state index < -0.39 is 41.0 Å². The summed E-state index contributed by atoms with van der Waals surface area (Å²) in [5, 5.41) is 19.6. The first kappa shape index (κ1) is 49.0. The van der Waals surface area contributed by atoms with E-state index in [0.717, 1.165) is 64.9 Å². The number of hydrogen-bond donors (Lipinski definition) is 3. The molecule has 0 aliphatic carbocycles. The highest BCUT2D eigenvalue weighted by Gasteiger charge is 2.52. The maximum absolute atomic E-state index is 14.7. The Bertz CT molecular complexity index is 2410. The number of nitrogens with one attached hydrogen (secondary N) is 2. The van der Waals surface area contributed by atoms with Crippen LogP contribution in [0.4, 0.5) is 4.79 Å². The summed E-state index contributed by atoms with van der Waals surface area (Å²) < 4.78 is 14.0. The third-order valence-electron chi connectivity index (χ3n) is 13.7. The highest BCUT2D eigenvalue weighted by molar-refractivity contribution is 7.10. The number of amides is 4. The van der Waals surface area contributed by atoms with E-state index in [1.807, 2.05) is 71.0 Å². The highest BCUT2D eigenvalue weighted by atomic mass is 32.1. The van der Waals surface area contributed by atoms with Crippen LogP contribution in [-0.4, -0.2) is 148 Å². The Kier molecular flexibility index (Phi) is 14.4. The summed E-state index contributed by atoms with van der Waals surface area (Å²) in [6.07, 6.45) is 5.82. The van der Waals surface area contributed by atoms with Crippen LogP contribution < -0.4 is 10.7 Å². The zero-order valence-corrected chi connectivity index (χ0v) is 41.2. The van der Waals surface area contributed by atoms with Crippen molar-refractivity contribution in [3.05, 3.63) is 58.2 Å². The molecule has 0 radical (unpaired) electrons. The molecule has 358 valence electrons. The van der Waals surface area contributed by atoms with Crippen molar-refractivity contribution in [2.45, 2.75) is 123 Å². The summed E-state index contributed by atoms with van der Waals surface area (Å²) in [5.74, 6) is -2.24. The monoisotopic (exact) mass is 928 g/mol. The van der Waals surface area contributed by atoms with Crippen LogP contribution in [0.25, 0.3) is 27.7 Å². The van der Waals surface area contributed by atoms with Crippen molar-refractivity contribution in [2.75, 3.05) is 54.0 Å². The van der Waals surface area contributed by atoms with Crippen molar-refractivity contribution >= 4 is 57.8 Å². The number of methoxy groups -OCH3 is 1. The number of rotatable bonds is 10. The van der Waals surface area contributed by atoms with Gasteiger partial charge in [0, 0.05) is 98.8 Å². The highest BCUT2D eigenvalue weighted by Crippen LogP contribution is 2.41. The van der Waals surface area contributed by atoms with Crippen LogP contribution in [-0.2, 0) is 43.2 Å². The van der Waals surface area contributed by atoms with E-state index >= 15 is 0 Å². The SMILES string of the molecule is C=C/C(=C(\N=CC)[C@H](C)OC)c1c2c3cc(ccc3n1CC)-c1csc(n1)C[C@H](NC(=O)[C@H](C(C)C)N(C)C(=O)N1CCCC13CN(C)C3)C(=O)N1CCC[C@@](O)(N1)C(=O)OCC(C)(C)C2. The fraction of sp³-hybridized carbons (Fsp3) is 0.592. The zero-order chi connectivity index (χ0) is 47.9. The van der Waals surface area contributed by atoms with E-state index in [9.17, 15) is 24.3 Å². The quantitative estimate of drug-likeness (QED) is 0.131. The summed E-state index contributed by atoms with van der Waals surface area (Å²) in [6, 6.07) is 3.99. The van der Waals surface area contributed by atoms with Gasteiger partial charge in [0.15, 0.2) is 0 Å². The van der Waals surface area contributed by atoms with E-state index in [4.69, 9.17) is 19.5 Å². The van der Waals surface area contributed by atoms with Gasteiger partial charge in [-0.3, -0.25) is 19.6 Å². The number of esters is 1. The lowest BCUT2D eigenvalue weighted by Gasteiger charge is -2.52. The molecule has 16 nitrogen and oxygen atoms in total. The number of likely N-dealkylation sites (N-methyl/N-ethyl adjacent to an activating group) is 2.